The van der Waals surface area contributed by atoms with Gasteiger partial charge in [0.1, 0.15) is 5.38 Å². The molecule has 0 aliphatic carbocycles. The highest BCUT2D eigenvalue weighted by atomic mass is 35.5. The summed E-state index contributed by atoms with van der Waals surface area (Å²) in [7, 11) is 0. The van der Waals surface area contributed by atoms with Crippen molar-refractivity contribution < 1.29 is 14.5 Å². The van der Waals surface area contributed by atoms with Crippen molar-refractivity contribution in [3.05, 3.63) is 38.9 Å². The molecule has 1 heterocycles. The molecule has 1 saturated heterocycles. The number of nitro groups is 1. The van der Waals surface area contributed by atoms with Gasteiger partial charge in [-0.3, -0.25) is 25.0 Å². The summed E-state index contributed by atoms with van der Waals surface area (Å²) >= 11 is 5.90. The van der Waals surface area contributed by atoms with Crippen LogP contribution in [0.25, 0.3) is 0 Å². The van der Waals surface area contributed by atoms with Gasteiger partial charge in [-0.05, 0) is 31.0 Å². The molecule has 2 atom stereocenters. The first-order valence-electron chi connectivity index (χ1n) is 5.57. The van der Waals surface area contributed by atoms with Crippen molar-refractivity contribution in [1.82, 2.24) is 5.32 Å². The first kappa shape index (κ1) is 13.5. The van der Waals surface area contributed by atoms with Gasteiger partial charge >= 0.3 is 0 Å². The molecule has 2 amide bonds. The standard InChI is InChI=1S/C12H11ClN2O4/c1-5-3-6(2)8(15(18)19)4-7(5)9-10(13)12(17)14-11(9)16/h3-4,9-10H,1-2H3,(H,14,16,17). The molecule has 100 valence electrons. The number of carbonyl (C=O) groups is 2. The number of nitro benzene ring substituents is 1. The van der Waals surface area contributed by atoms with Gasteiger partial charge in [-0.25, -0.2) is 0 Å². The number of benzene rings is 1. The SMILES string of the molecule is Cc1cc(C)c([N+](=O)[O-])cc1C1C(=O)NC(=O)C1Cl. The maximum absolute atomic E-state index is 11.7. The molecule has 1 aliphatic heterocycles. The largest absolute Gasteiger partial charge is 0.295 e. The normalized spacial score (nSPS) is 22.5. The monoisotopic (exact) mass is 282 g/mol. The summed E-state index contributed by atoms with van der Waals surface area (Å²) < 4.78 is 0. The Bertz CT molecular complexity index is 600. The Morgan fingerprint density at radius 1 is 1.21 bits per heavy atom. The zero-order valence-electron chi connectivity index (χ0n) is 10.3. The number of imide groups is 1. The van der Waals surface area contributed by atoms with E-state index in [1.807, 2.05) is 0 Å². The van der Waals surface area contributed by atoms with Gasteiger partial charge < -0.3 is 0 Å². The van der Waals surface area contributed by atoms with Gasteiger partial charge in [0.05, 0.1) is 10.8 Å². The van der Waals surface area contributed by atoms with Crippen LogP contribution in [0.1, 0.15) is 22.6 Å². The molecule has 2 rings (SSSR count). The third kappa shape index (κ3) is 2.19. The molecule has 0 saturated carbocycles. The summed E-state index contributed by atoms with van der Waals surface area (Å²) in [4.78, 5) is 33.5. The summed E-state index contributed by atoms with van der Waals surface area (Å²) in [6, 6.07) is 2.94. The van der Waals surface area contributed by atoms with Crippen LogP contribution in [-0.4, -0.2) is 22.1 Å². The molecule has 0 bridgehead atoms. The van der Waals surface area contributed by atoms with Crippen molar-refractivity contribution in [3.63, 3.8) is 0 Å². The second kappa shape index (κ2) is 4.62. The molecular formula is C12H11ClN2O4. The number of hydrogen-bond donors (Lipinski definition) is 1. The van der Waals surface area contributed by atoms with E-state index in [-0.39, 0.29) is 5.69 Å². The third-order valence-electron chi connectivity index (χ3n) is 3.19. The van der Waals surface area contributed by atoms with Gasteiger partial charge in [-0.1, -0.05) is 0 Å². The lowest BCUT2D eigenvalue weighted by atomic mass is 9.91. The highest BCUT2D eigenvalue weighted by Gasteiger charge is 2.42. The van der Waals surface area contributed by atoms with E-state index < -0.39 is 28.0 Å². The molecule has 1 aromatic carbocycles. The second-order valence-corrected chi connectivity index (χ2v) is 4.96. The van der Waals surface area contributed by atoms with Crippen LogP contribution in [0.2, 0.25) is 0 Å². The van der Waals surface area contributed by atoms with E-state index in [0.717, 1.165) is 0 Å². The lowest BCUT2D eigenvalue weighted by Gasteiger charge is -2.14. The Balaban J connectivity index is 2.57. The van der Waals surface area contributed by atoms with Crippen LogP contribution < -0.4 is 5.32 Å². The molecule has 6 nitrogen and oxygen atoms in total. The van der Waals surface area contributed by atoms with Gasteiger partial charge in [0.15, 0.2) is 0 Å². The molecule has 0 radical (unpaired) electrons. The Morgan fingerprint density at radius 2 is 1.84 bits per heavy atom. The summed E-state index contributed by atoms with van der Waals surface area (Å²) in [6.45, 7) is 3.35. The minimum atomic E-state index is -1.03. The van der Waals surface area contributed by atoms with Crippen LogP contribution in [0.3, 0.4) is 0 Å². The molecule has 1 aliphatic rings. The fourth-order valence-corrected chi connectivity index (χ4v) is 2.54. The number of nitrogens with one attached hydrogen (secondary N) is 1. The van der Waals surface area contributed by atoms with Crippen LogP contribution in [0, 0.1) is 24.0 Å². The Hall–Kier alpha value is -1.95. The minimum absolute atomic E-state index is 0.0865. The quantitative estimate of drug-likeness (QED) is 0.386. The van der Waals surface area contributed by atoms with Gasteiger partial charge in [0.25, 0.3) is 5.69 Å². The van der Waals surface area contributed by atoms with Gasteiger partial charge in [-0.15, -0.1) is 11.6 Å². The zero-order valence-corrected chi connectivity index (χ0v) is 11.0. The number of nitrogens with zero attached hydrogens (tertiary/aromatic N) is 1. The van der Waals surface area contributed by atoms with Crippen LogP contribution in [0.5, 0.6) is 0 Å². The van der Waals surface area contributed by atoms with E-state index in [9.17, 15) is 19.7 Å². The first-order chi connectivity index (χ1) is 8.82. The minimum Gasteiger partial charge on any atom is -0.295 e. The van der Waals surface area contributed by atoms with Gasteiger partial charge in [0, 0.05) is 11.6 Å². The van der Waals surface area contributed by atoms with E-state index in [0.29, 0.717) is 16.7 Å². The van der Waals surface area contributed by atoms with Crippen molar-refractivity contribution in [2.45, 2.75) is 25.1 Å². The molecule has 1 fully saturated rings. The topological polar surface area (TPSA) is 89.3 Å². The number of alkyl halides is 1. The molecule has 0 aromatic heterocycles. The predicted molar refractivity (Wildman–Crippen MR) is 68.1 cm³/mol. The van der Waals surface area contributed by atoms with Gasteiger partial charge in [-0.2, -0.15) is 0 Å². The van der Waals surface area contributed by atoms with Crippen molar-refractivity contribution >= 4 is 29.1 Å². The third-order valence-corrected chi connectivity index (χ3v) is 3.64. The molecule has 0 spiro atoms. The molecule has 1 aromatic rings. The number of carbonyl (C=O) groups excluding carboxylic acids is 2. The summed E-state index contributed by atoms with van der Waals surface area (Å²) in [5.74, 6) is -1.97. The molecule has 7 heteroatoms. The Morgan fingerprint density at radius 3 is 2.32 bits per heavy atom. The van der Waals surface area contributed by atoms with Crippen molar-refractivity contribution in [2.24, 2.45) is 0 Å². The van der Waals surface area contributed by atoms with E-state index in [1.165, 1.54) is 6.07 Å². The summed E-state index contributed by atoms with van der Waals surface area (Å²) in [6.07, 6.45) is 0. The molecule has 2 unspecified atom stereocenters. The smallest absolute Gasteiger partial charge is 0.272 e. The average Bonchev–Trinajstić information content (AvgIpc) is 2.54. The van der Waals surface area contributed by atoms with Crippen LogP contribution in [-0.2, 0) is 9.59 Å². The number of halogens is 1. The maximum Gasteiger partial charge on any atom is 0.272 e. The van der Waals surface area contributed by atoms with Crippen LogP contribution in [0.4, 0.5) is 5.69 Å². The first-order valence-corrected chi connectivity index (χ1v) is 6.01. The lowest BCUT2D eigenvalue weighted by Crippen LogP contribution is -2.22. The van der Waals surface area contributed by atoms with E-state index in [4.69, 9.17) is 11.6 Å². The van der Waals surface area contributed by atoms with Crippen molar-refractivity contribution in [2.75, 3.05) is 0 Å². The fraction of sp³-hybridized carbons (Fsp3) is 0.333. The van der Waals surface area contributed by atoms with E-state index >= 15 is 0 Å². The summed E-state index contributed by atoms with van der Waals surface area (Å²) in [5.41, 5.74) is 1.53. The highest BCUT2D eigenvalue weighted by molar-refractivity contribution is 6.37. The number of amides is 2. The molecule has 19 heavy (non-hydrogen) atoms. The van der Waals surface area contributed by atoms with Crippen molar-refractivity contribution in [3.8, 4) is 0 Å². The zero-order chi connectivity index (χ0) is 14.3. The average molecular weight is 283 g/mol. The van der Waals surface area contributed by atoms with E-state index in [2.05, 4.69) is 5.32 Å². The van der Waals surface area contributed by atoms with Crippen LogP contribution >= 0.6 is 11.6 Å². The number of hydrogen-bond acceptors (Lipinski definition) is 4. The fourth-order valence-electron chi connectivity index (χ4n) is 2.24. The van der Waals surface area contributed by atoms with Gasteiger partial charge in [0.2, 0.25) is 11.8 Å². The number of aryl methyl sites for hydroxylation is 2. The molecule has 1 N–H and O–H groups in total. The Kier molecular flexibility index (Phi) is 3.28. The second-order valence-electron chi connectivity index (χ2n) is 4.49. The maximum atomic E-state index is 11.7. The molecular weight excluding hydrogens is 272 g/mol. The highest BCUT2D eigenvalue weighted by Crippen LogP contribution is 2.34. The summed E-state index contributed by atoms with van der Waals surface area (Å²) in [5, 5.41) is 12.0. The predicted octanol–water partition coefficient (Wildman–Crippen LogP) is 1.56. The Labute approximate surface area is 113 Å². The number of rotatable bonds is 2. The van der Waals surface area contributed by atoms with E-state index in [1.54, 1.807) is 19.9 Å². The van der Waals surface area contributed by atoms with Crippen LogP contribution in [0.15, 0.2) is 12.1 Å². The lowest BCUT2D eigenvalue weighted by molar-refractivity contribution is -0.385. The van der Waals surface area contributed by atoms with Crippen molar-refractivity contribution in [1.29, 1.82) is 0 Å².